The first-order valence-corrected chi connectivity index (χ1v) is 11.4. The Balaban J connectivity index is 1.70. The highest BCUT2D eigenvalue weighted by Gasteiger charge is 2.40. The van der Waals surface area contributed by atoms with Crippen LogP contribution in [0.2, 0.25) is 5.02 Å². The summed E-state index contributed by atoms with van der Waals surface area (Å²) in [4.78, 5) is 0. The van der Waals surface area contributed by atoms with E-state index in [-0.39, 0.29) is 10.8 Å². The maximum atomic E-state index is 6.41. The third kappa shape index (κ3) is 2.37. The summed E-state index contributed by atoms with van der Waals surface area (Å²) < 4.78 is 0. The maximum Gasteiger partial charge on any atom is 0.0409 e. The summed E-state index contributed by atoms with van der Waals surface area (Å²) in [5.74, 6) is 0. The number of hydrogen-bond acceptors (Lipinski definition) is 0. The molecule has 0 heterocycles. The first kappa shape index (κ1) is 18.9. The highest BCUT2D eigenvalue weighted by molar-refractivity contribution is 6.30. The van der Waals surface area contributed by atoms with Gasteiger partial charge in [0.05, 0.1) is 0 Å². The normalized spacial score (nSPS) is 16.4. The van der Waals surface area contributed by atoms with E-state index < -0.39 is 0 Å². The quantitative estimate of drug-likeness (QED) is 0.289. The Morgan fingerprint density at radius 3 is 1.61 bits per heavy atom. The molecule has 4 aromatic rings. The maximum absolute atomic E-state index is 6.41. The summed E-state index contributed by atoms with van der Waals surface area (Å²) in [7, 11) is 0. The van der Waals surface area contributed by atoms with Crippen molar-refractivity contribution in [3.63, 3.8) is 0 Å². The number of rotatable bonds is 1. The summed E-state index contributed by atoms with van der Waals surface area (Å²) in [5, 5.41) is 0.803. The van der Waals surface area contributed by atoms with Crippen molar-refractivity contribution in [3.05, 3.63) is 106 Å². The molecule has 6 rings (SSSR count). The summed E-state index contributed by atoms with van der Waals surface area (Å²) in [5.41, 5.74) is 13.5. The zero-order chi connectivity index (χ0) is 21.5. The Morgan fingerprint density at radius 1 is 0.484 bits per heavy atom. The third-order valence-electron chi connectivity index (χ3n) is 7.56. The van der Waals surface area contributed by atoms with Crippen molar-refractivity contribution >= 4 is 11.6 Å². The van der Waals surface area contributed by atoms with Crippen LogP contribution in [0.25, 0.3) is 33.4 Å². The van der Waals surface area contributed by atoms with E-state index in [1.54, 1.807) is 0 Å². The summed E-state index contributed by atoms with van der Waals surface area (Å²) in [6.45, 7) is 9.31. The van der Waals surface area contributed by atoms with E-state index in [0.717, 1.165) is 5.02 Å². The predicted molar refractivity (Wildman–Crippen MR) is 132 cm³/mol. The zero-order valence-corrected chi connectivity index (χ0v) is 19.1. The van der Waals surface area contributed by atoms with Gasteiger partial charge in [0.2, 0.25) is 0 Å². The topological polar surface area (TPSA) is 0 Å². The lowest BCUT2D eigenvalue weighted by Crippen LogP contribution is -2.15. The van der Waals surface area contributed by atoms with Crippen LogP contribution in [0, 0.1) is 0 Å². The Bertz CT molecular complexity index is 1390. The van der Waals surface area contributed by atoms with E-state index >= 15 is 0 Å². The van der Waals surface area contributed by atoms with Gasteiger partial charge >= 0.3 is 0 Å². The van der Waals surface area contributed by atoms with Crippen LogP contribution >= 0.6 is 11.6 Å². The van der Waals surface area contributed by atoms with Gasteiger partial charge in [-0.3, -0.25) is 0 Å². The minimum absolute atomic E-state index is 0.00456. The first-order valence-electron chi connectivity index (χ1n) is 11.0. The molecule has 1 heteroatoms. The molecule has 0 bridgehead atoms. The Morgan fingerprint density at radius 2 is 0.968 bits per heavy atom. The van der Waals surface area contributed by atoms with Gasteiger partial charge in [-0.2, -0.15) is 0 Å². The molecule has 0 saturated carbocycles. The van der Waals surface area contributed by atoms with E-state index in [4.69, 9.17) is 11.6 Å². The predicted octanol–water partition coefficient (Wildman–Crippen LogP) is 8.62. The van der Waals surface area contributed by atoms with Crippen molar-refractivity contribution in [3.8, 4) is 33.4 Å². The standard InChI is InChI=1S/C30H25Cl/c1-29(2)23-12-6-5-9-21(23)27-19(10-7-13-24(27)29)20-11-8-14-25-28(20)22-16-15-18(31)17-26(22)30(25,3)4/h5-17H,1-4H3. The van der Waals surface area contributed by atoms with Crippen molar-refractivity contribution in [1.82, 2.24) is 0 Å². The van der Waals surface area contributed by atoms with Crippen LogP contribution in [-0.4, -0.2) is 0 Å². The smallest absolute Gasteiger partial charge is 0.0409 e. The summed E-state index contributed by atoms with van der Waals surface area (Å²) >= 11 is 6.41. The molecule has 2 aliphatic rings. The highest BCUT2D eigenvalue weighted by Crippen LogP contribution is 2.56. The molecule has 0 aliphatic heterocycles. The number of fused-ring (bicyclic) bond motifs is 6. The molecule has 31 heavy (non-hydrogen) atoms. The van der Waals surface area contributed by atoms with Crippen molar-refractivity contribution < 1.29 is 0 Å². The number of benzene rings is 4. The molecule has 2 aliphatic carbocycles. The van der Waals surface area contributed by atoms with Crippen molar-refractivity contribution in [2.45, 2.75) is 38.5 Å². The van der Waals surface area contributed by atoms with Crippen molar-refractivity contribution in [2.75, 3.05) is 0 Å². The van der Waals surface area contributed by atoms with Gasteiger partial charge in [-0.15, -0.1) is 0 Å². The van der Waals surface area contributed by atoms with Crippen LogP contribution in [0.15, 0.2) is 78.9 Å². The SMILES string of the molecule is CC1(C)c2ccccc2-c2c(-c3cccc4c3-c3ccc(Cl)cc3C4(C)C)cccc21. The molecule has 0 N–H and O–H groups in total. The fourth-order valence-corrected chi connectivity index (χ4v) is 6.14. The summed E-state index contributed by atoms with van der Waals surface area (Å²) in [6, 6.07) is 28.9. The average molecular weight is 421 g/mol. The van der Waals surface area contributed by atoms with Gasteiger partial charge in [0.15, 0.2) is 0 Å². The molecule has 152 valence electrons. The molecule has 4 aromatic carbocycles. The van der Waals surface area contributed by atoms with Crippen LogP contribution in [0.1, 0.15) is 49.9 Å². The Labute approximate surface area is 189 Å². The summed E-state index contributed by atoms with van der Waals surface area (Å²) in [6.07, 6.45) is 0. The molecule has 0 aromatic heterocycles. The Hall–Kier alpha value is -2.83. The van der Waals surface area contributed by atoms with Gasteiger partial charge in [0.1, 0.15) is 0 Å². The van der Waals surface area contributed by atoms with Crippen LogP contribution in [-0.2, 0) is 10.8 Å². The molecule has 0 saturated heterocycles. The van der Waals surface area contributed by atoms with Gasteiger partial charge in [-0.1, -0.05) is 106 Å². The van der Waals surface area contributed by atoms with Crippen LogP contribution in [0.3, 0.4) is 0 Å². The lowest BCUT2D eigenvalue weighted by molar-refractivity contribution is 0.660. The van der Waals surface area contributed by atoms with E-state index in [0.29, 0.717) is 0 Å². The van der Waals surface area contributed by atoms with Crippen molar-refractivity contribution in [2.24, 2.45) is 0 Å². The zero-order valence-electron chi connectivity index (χ0n) is 18.4. The second kappa shape index (κ2) is 6.11. The lowest BCUT2D eigenvalue weighted by atomic mass is 9.80. The van der Waals surface area contributed by atoms with E-state index in [1.165, 1.54) is 55.6 Å². The van der Waals surface area contributed by atoms with E-state index in [9.17, 15) is 0 Å². The molecular formula is C30H25Cl. The minimum Gasteiger partial charge on any atom is -0.0843 e. The van der Waals surface area contributed by atoms with Crippen LogP contribution < -0.4 is 0 Å². The largest absolute Gasteiger partial charge is 0.0843 e. The van der Waals surface area contributed by atoms with E-state index in [2.05, 4.69) is 100 Å². The first-order chi connectivity index (χ1) is 14.8. The molecule has 0 nitrogen and oxygen atoms in total. The lowest BCUT2D eigenvalue weighted by Gasteiger charge is -2.23. The van der Waals surface area contributed by atoms with Gasteiger partial charge in [0.25, 0.3) is 0 Å². The average Bonchev–Trinajstić information content (AvgIpc) is 3.14. The van der Waals surface area contributed by atoms with Gasteiger partial charge in [0, 0.05) is 15.9 Å². The Kier molecular flexibility index (Phi) is 3.73. The van der Waals surface area contributed by atoms with Crippen molar-refractivity contribution in [1.29, 1.82) is 0 Å². The fourth-order valence-electron chi connectivity index (χ4n) is 5.96. The monoisotopic (exact) mass is 420 g/mol. The van der Waals surface area contributed by atoms with Gasteiger partial charge < -0.3 is 0 Å². The second-order valence-corrected chi connectivity index (χ2v) is 10.4. The fraction of sp³-hybridized carbons (Fsp3) is 0.200. The number of hydrogen-bond donors (Lipinski definition) is 0. The molecule has 0 unspecified atom stereocenters. The molecule has 0 fully saturated rings. The van der Waals surface area contributed by atoms with Crippen LogP contribution in [0.4, 0.5) is 0 Å². The molecule has 0 spiro atoms. The van der Waals surface area contributed by atoms with Crippen LogP contribution in [0.5, 0.6) is 0 Å². The second-order valence-electron chi connectivity index (χ2n) is 9.94. The number of halogens is 1. The molecule has 0 atom stereocenters. The molecule has 0 amide bonds. The molecule has 0 radical (unpaired) electrons. The minimum atomic E-state index is -0.0687. The molecular weight excluding hydrogens is 396 g/mol. The third-order valence-corrected chi connectivity index (χ3v) is 7.79. The highest BCUT2D eigenvalue weighted by atomic mass is 35.5. The van der Waals surface area contributed by atoms with Gasteiger partial charge in [-0.25, -0.2) is 0 Å². The van der Waals surface area contributed by atoms with E-state index in [1.807, 2.05) is 6.07 Å². The van der Waals surface area contributed by atoms with Gasteiger partial charge in [-0.05, 0) is 67.8 Å².